The van der Waals surface area contributed by atoms with Crippen LogP contribution in [-0.2, 0) is 4.79 Å². The molecule has 15 heavy (non-hydrogen) atoms. The molecule has 0 bridgehead atoms. The summed E-state index contributed by atoms with van der Waals surface area (Å²) < 4.78 is 0. The molecule has 1 atom stereocenters. The smallest absolute Gasteiger partial charge is 0.220 e. The molecule has 1 aliphatic carbocycles. The van der Waals surface area contributed by atoms with Gasteiger partial charge in [0.1, 0.15) is 0 Å². The van der Waals surface area contributed by atoms with E-state index in [2.05, 4.69) is 5.32 Å². The predicted octanol–water partition coefficient (Wildman–Crippen LogP) is 0.393. The molecule has 1 aliphatic rings. The van der Waals surface area contributed by atoms with E-state index in [-0.39, 0.29) is 24.0 Å². The Morgan fingerprint density at radius 3 is 2.60 bits per heavy atom. The van der Waals surface area contributed by atoms with Gasteiger partial charge in [-0.05, 0) is 31.2 Å². The highest BCUT2D eigenvalue weighted by atomic mass is 16.3. The summed E-state index contributed by atoms with van der Waals surface area (Å²) >= 11 is 0. The third-order valence-corrected chi connectivity index (χ3v) is 3.46. The van der Waals surface area contributed by atoms with Gasteiger partial charge < -0.3 is 16.2 Å². The van der Waals surface area contributed by atoms with Gasteiger partial charge in [0.15, 0.2) is 0 Å². The van der Waals surface area contributed by atoms with Crippen molar-refractivity contribution in [2.75, 3.05) is 13.2 Å². The number of nitrogens with one attached hydrogen (secondary N) is 1. The minimum Gasteiger partial charge on any atom is -0.394 e. The third-order valence-electron chi connectivity index (χ3n) is 3.46. The van der Waals surface area contributed by atoms with Crippen molar-refractivity contribution in [1.82, 2.24) is 5.32 Å². The fraction of sp³-hybridized carbons (Fsp3) is 0.909. The molecule has 0 aromatic heterocycles. The zero-order valence-corrected chi connectivity index (χ0v) is 9.46. The van der Waals surface area contributed by atoms with Crippen LogP contribution < -0.4 is 11.1 Å². The molecule has 4 heteroatoms. The van der Waals surface area contributed by atoms with E-state index in [1.165, 1.54) is 6.42 Å². The molecule has 0 radical (unpaired) electrons. The van der Waals surface area contributed by atoms with E-state index in [1.54, 1.807) is 0 Å². The summed E-state index contributed by atoms with van der Waals surface area (Å²) in [5, 5.41) is 11.8. The number of aliphatic hydroxyl groups is 1. The highest BCUT2D eigenvalue weighted by Gasteiger charge is 2.37. The number of aliphatic hydroxyl groups excluding tert-OH is 1. The number of carbonyl (C=O) groups is 1. The topological polar surface area (TPSA) is 75.3 Å². The molecule has 0 unspecified atom stereocenters. The van der Waals surface area contributed by atoms with Crippen molar-refractivity contribution in [1.29, 1.82) is 0 Å². The van der Waals surface area contributed by atoms with Crippen LogP contribution in [0.3, 0.4) is 0 Å². The molecule has 1 saturated carbocycles. The predicted molar refractivity (Wildman–Crippen MR) is 59.3 cm³/mol. The van der Waals surface area contributed by atoms with Gasteiger partial charge >= 0.3 is 0 Å². The van der Waals surface area contributed by atoms with Crippen LogP contribution in [0.1, 0.15) is 39.0 Å². The Hall–Kier alpha value is -0.610. The van der Waals surface area contributed by atoms with Crippen LogP contribution in [0, 0.1) is 5.41 Å². The van der Waals surface area contributed by atoms with Gasteiger partial charge in [-0.3, -0.25) is 4.79 Å². The minimum absolute atomic E-state index is 0.0118. The zero-order valence-electron chi connectivity index (χ0n) is 9.46. The third kappa shape index (κ3) is 3.18. The van der Waals surface area contributed by atoms with Crippen LogP contribution in [0.5, 0.6) is 0 Å². The van der Waals surface area contributed by atoms with Crippen molar-refractivity contribution in [3.8, 4) is 0 Å². The number of hydrogen-bond donors (Lipinski definition) is 3. The minimum atomic E-state index is -0.104. The summed E-state index contributed by atoms with van der Waals surface area (Å²) in [5.41, 5.74) is 5.74. The van der Waals surface area contributed by atoms with Crippen LogP contribution >= 0.6 is 0 Å². The van der Waals surface area contributed by atoms with Gasteiger partial charge in [0.05, 0.1) is 12.6 Å². The van der Waals surface area contributed by atoms with Crippen molar-refractivity contribution in [2.45, 2.75) is 45.1 Å². The Morgan fingerprint density at radius 1 is 1.60 bits per heavy atom. The molecule has 0 aromatic carbocycles. The van der Waals surface area contributed by atoms with Crippen molar-refractivity contribution in [3.63, 3.8) is 0 Å². The van der Waals surface area contributed by atoms with Gasteiger partial charge in [0.25, 0.3) is 0 Å². The lowest BCUT2D eigenvalue weighted by atomic mass is 9.66. The van der Waals surface area contributed by atoms with Crippen molar-refractivity contribution in [3.05, 3.63) is 0 Å². The highest BCUT2D eigenvalue weighted by molar-refractivity contribution is 5.77. The van der Waals surface area contributed by atoms with E-state index in [1.807, 2.05) is 6.92 Å². The largest absolute Gasteiger partial charge is 0.394 e. The standard InChI is InChI=1S/C11H22N2O2/c1-2-9(7-14)13-10(15)6-11(8-12)4-3-5-11/h9,14H,2-8,12H2,1H3,(H,13,15)/t9-/m1/s1. The molecular weight excluding hydrogens is 192 g/mol. The molecule has 4 N–H and O–H groups in total. The van der Waals surface area contributed by atoms with E-state index in [4.69, 9.17) is 10.8 Å². The quantitative estimate of drug-likeness (QED) is 0.599. The maximum absolute atomic E-state index is 11.7. The second-order valence-electron chi connectivity index (χ2n) is 4.59. The summed E-state index contributed by atoms with van der Waals surface area (Å²) in [6, 6.07) is -0.104. The molecule has 0 aliphatic heterocycles. The molecule has 0 saturated heterocycles. The molecule has 1 amide bonds. The number of nitrogens with two attached hydrogens (primary N) is 1. The maximum atomic E-state index is 11.7. The van der Waals surface area contributed by atoms with Gasteiger partial charge in [-0.2, -0.15) is 0 Å². The van der Waals surface area contributed by atoms with Crippen molar-refractivity contribution < 1.29 is 9.90 Å². The Kier molecular flexibility index (Phi) is 4.54. The van der Waals surface area contributed by atoms with Gasteiger partial charge in [0.2, 0.25) is 5.91 Å². The maximum Gasteiger partial charge on any atom is 0.220 e. The van der Waals surface area contributed by atoms with E-state index in [0.29, 0.717) is 13.0 Å². The lowest BCUT2D eigenvalue weighted by Gasteiger charge is -2.40. The first-order chi connectivity index (χ1) is 7.15. The van der Waals surface area contributed by atoms with Gasteiger partial charge in [0, 0.05) is 6.42 Å². The zero-order chi connectivity index (χ0) is 11.3. The van der Waals surface area contributed by atoms with Crippen molar-refractivity contribution >= 4 is 5.91 Å². The lowest BCUT2D eigenvalue weighted by Crippen LogP contribution is -2.44. The van der Waals surface area contributed by atoms with Crippen molar-refractivity contribution in [2.24, 2.45) is 11.1 Å². The summed E-state index contributed by atoms with van der Waals surface area (Å²) in [5.74, 6) is 0.0288. The monoisotopic (exact) mass is 214 g/mol. The second kappa shape index (κ2) is 5.47. The van der Waals surface area contributed by atoms with Gasteiger partial charge in [-0.1, -0.05) is 13.3 Å². The first-order valence-electron chi connectivity index (χ1n) is 5.76. The van der Waals surface area contributed by atoms with Gasteiger partial charge in [-0.25, -0.2) is 0 Å². The summed E-state index contributed by atoms with van der Waals surface area (Å²) in [4.78, 5) is 11.7. The molecule has 4 nitrogen and oxygen atoms in total. The molecule has 88 valence electrons. The van der Waals surface area contributed by atoms with Crippen LogP contribution in [0.2, 0.25) is 0 Å². The fourth-order valence-electron chi connectivity index (χ4n) is 2.03. The summed E-state index contributed by atoms with van der Waals surface area (Å²) in [7, 11) is 0. The van der Waals surface area contributed by atoms with E-state index < -0.39 is 0 Å². The van der Waals surface area contributed by atoms with Crippen LogP contribution in [-0.4, -0.2) is 30.2 Å². The Morgan fingerprint density at radius 2 is 2.27 bits per heavy atom. The van der Waals surface area contributed by atoms with E-state index in [0.717, 1.165) is 19.3 Å². The van der Waals surface area contributed by atoms with Crippen LogP contribution in [0.15, 0.2) is 0 Å². The van der Waals surface area contributed by atoms with Crippen LogP contribution in [0.4, 0.5) is 0 Å². The van der Waals surface area contributed by atoms with Gasteiger partial charge in [-0.15, -0.1) is 0 Å². The van der Waals surface area contributed by atoms with E-state index >= 15 is 0 Å². The molecule has 1 fully saturated rings. The number of hydrogen-bond acceptors (Lipinski definition) is 3. The molecule has 0 heterocycles. The summed E-state index contributed by atoms with van der Waals surface area (Å²) in [6.07, 6.45) is 4.58. The van der Waals surface area contributed by atoms with E-state index in [9.17, 15) is 4.79 Å². The Labute approximate surface area is 91.2 Å². The average Bonchev–Trinajstić information content (AvgIpc) is 2.20. The summed E-state index contributed by atoms with van der Waals surface area (Å²) in [6.45, 7) is 2.55. The highest BCUT2D eigenvalue weighted by Crippen LogP contribution is 2.42. The molecule has 0 spiro atoms. The Balaban J connectivity index is 2.34. The Bertz CT molecular complexity index is 205. The number of amides is 1. The first-order valence-corrected chi connectivity index (χ1v) is 5.76. The molecule has 0 aromatic rings. The lowest BCUT2D eigenvalue weighted by molar-refractivity contribution is -0.125. The normalized spacial score (nSPS) is 20.5. The number of carbonyl (C=O) groups excluding carboxylic acids is 1. The molecule has 1 rings (SSSR count). The molecular formula is C11H22N2O2. The SMILES string of the molecule is CC[C@H](CO)NC(=O)CC1(CN)CCC1. The number of rotatable bonds is 6. The average molecular weight is 214 g/mol. The van der Waals surface area contributed by atoms with Crippen LogP contribution in [0.25, 0.3) is 0 Å². The fourth-order valence-corrected chi connectivity index (χ4v) is 2.03. The second-order valence-corrected chi connectivity index (χ2v) is 4.59. The first kappa shape index (κ1) is 12.5.